The number of hydrogen-bond acceptors (Lipinski definition) is 5. The van der Waals surface area contributed by atoms with E-state index in [4.69, 9.17) is 4.74 Å². The molecule has 0 aliphatic heterocycles. The van der Waals surface area contributed by atoms with E-state index in [1.165, 1.54) is 193 Å². The zero-order valence-electron chi connectivity index (χ0n) is 41.6. The Morgan fingerprint density at radius 3 is 1.24 bits per heavy atom. The monoisotopic (exact) mass is 874 g/mol. The van der Waals surface area contributed by atoms with Gasteiger partial charge in [-0.2, -0.15) is 0 Å². The number of unbranched alkanes of at least 4 members (excludes halogenated alkanes) is 36. The lowest BCUT2D eigenvalue weighted by atomic mass is 10.0. The van der Waals surface area contributed by atoms with Crippen LogP contribution in [-0.2, 0) is 14.3 Å². The van der Waals surface area contributed by atoms with Crippen LogP contribution in [0.4, 0.5) is 0 Å². The molecule has 62 heavy (non-hydrogen) atoms. The summed E-state index contributed by atoms with van der Waals surface area (Å²) in [5.41, 5.74) is 0. The summed E-state index contributed by atoms with van der Waals surface area (Å²) in [5.74, 6) is -0.0884. The van der Waals surface area contributed by atoms with Gasteiger partial charge in [0.15, 0.2) is 0 Å². The normalized spacial score (nSPS) is 12.8. The van der Waals surface area contributed by atoms with Crippen molar-refractivity contribution in [3.63, 3.8) is 0 Å². The van der Waals surface area contributed by atoms with Gasteiger partial charge in [-0.3, -0.25) is 9.59 Å². The van der Waals surface area contributed by atoms with Crippen molar-refractivity contribution in [1.29, 1.82) is 0 Å². The first-order chi connectivity index (χ1) is 30.5. The van der Waals surface area contributed by atoms with E-state index in [1.54, 1.807) is 0 Å². The molecule has 0 aromatic carbocycles. The molecule has 6 heteroatoms. The average Bonchev–Trinajstić information content (AvgIpc) is 3.27. The van der Waals surface area contributed by atoms with Gasteiger partial charge >= 0.3 is 5.97 Å². The molecule has 2 unspecified atom stereocenters. The summed E-state index contributed by atoms with van der Waals surface area (Å²) < 4.78 is 5.46. The fraction of sp³-hybridized carbons (Fsp3) is 0.893. The van der Waals surface area contributed by atoms with Gasteiger partial charge in [0.05, 0.1) is 25.4 Å². The molecule has 2 atom stereocenters. The predicted octanol–water partition coefficient (Wildman–Crippen LogP) is 16.7. The maximum Gasteiger partial charge on any atom is 0.305 e. The Kier molecular flexibility index (Phi) is 50.6. The van der Waals surface area contributed by atoms with Crippen molar-refractivity contribution < 1.29 is 24.5 Å². The molecule has 0 spiro atoms. The highest BCUT2D eigenvalue weighted by Gasteiger charge is 2.20. The standard InChI is InChI=1S/C56H107NO5/c1-3-5-7-9-11-13-15-17-19-21-22-23-24-26-28-32-36-40-44-48-54(59)53(52-58)57-55(60)49-45-41-37-33-30-31-35-39-43-47-51-62-56(61)50-46-42-38-34-29-27-25-20-18-16-14-12-10-8-6-4-2/h14,16,20,25,53-54,58-59H,3-13,15,17-19,21-24,26-52H2,1-2H3,(H,57,60)/b16-14-,25-20-. The van der Waals surface area contributed by atoms with Crippen LogP contribution >= 0.6 is 0 Å². The van der Waals surface area contributed by atoms with Gasteiger partial charge < -0.3 is 20.3 Å². The molecule has 0 aromatic heterocycles. The Morgan fingerprint density at radius 1 is 0.452 bits per heavy atom. The first-order valence-corrected chi connectivity index (χ1v) is 27.6. The minimum atomic E-state index is -0.680. The number of hydrogen-bond donors (Lipinski definition) is 3. The van der Waals surface area contributed by atoms with Crippen molar-refractivity contribution in [1.82, 2.24) is 5.32 Å². The van der Waals surface area contributed by atoms with Crippen LogP contribution in [0.3, 0.4) is 0 Å². The van der Waals surface area contributed by atoms with Gasteiger partial charge in [0.2, 0.25) is 5.91 Å². The smallest absolute Gasteiger partial charge is 0.305 e. The Hall–Kier alpha value is -1.66. The number of carbonyl (C=O) groups excluding carboxylic acids is 2. The molecule has 1 amide bonds. The fourth-order valence-corrected chi connectivity index (χ4v) is 8.49. The van der Waals surface area contributed by atoms with Gasteiger partial charge in [-0.1, -0.05) is 250 Å². The molecule has 0 radical (unpaired) electrons. The lowest BCUT2D eigenvalue weighted by molar-refractivity contribution is -0.143. The molecule has 3 N–H and O–H groups in total. The fourth-order valence-electron chi connectivity index (χ4n) is 8.49. The topological polar surface area (TPSA) is 95.9 Å². The molecule has 0 aliphatic carbocycles. The van der Waals surface area contributed by atoms with E-state index in [0.717, 1.165) is 70.6 Å². The number of aliphatic hydroxyl groups is 2. The maximum absolute atomic E-state index is 12.5. The molecular formula is C56H107NO5. The summed E-state index contributed by atoms with van der Waals surface area (Å²) >= 11 is 0. The molecule has 0 fully saturated rings. The Balaban J connectivity index is 3.48. The average molecular weight is 874 g/mol. The number of carbonyl (C=O) groups is 2. The van der Waals surface area contributed by atoms with E-state index >= 15 is 0 Å². The van der Waals surface area contributed by atoms with E-state index in [-0.39, 0.29) is 18.5 Å². The Morgan fingerprint density at radius 2 is 0.806 bits per heavy atom. The van der Waals surface area contributed by atoms with Gasteiger partial charge in [0.1, 0.15) is 0 Å². The summed E-state index contributed by atoms with van der Waals surface area (Å²) in [7, 11) is 0. The zero-order valence-corrected chi connectivity index (χ0v) is 41.6. The lowest BCUT2D eigenvalue weighted by Crippen LogP contribution is -2.45. The van der Waals surface area contributed by atoms with Crippen LogP contribution in [0.25, 0.3) is 0 Å². The molecule has 0 rings (SSSR count). The van der Waals surface area contributed by atoms with E-state index in [9.17, 15) is 19.8 Å². The quantitative estimate of drug-likeness (QED) is 0.0321. The van der Waals surface area contributed by atoms with Gasteiger partial charge in [0.25, 0.3) is 0 Å². The van der Waals surface area contributed by atoms with Crippen LogP contribution in [0.15, 0.2) is 24.3 Å². The molecule has 0 aromatic rings. The summed E-state index contributed by atoms with van der Waals surface area (Å²) in [6, 6.07) is -0.560. The Labute approximate surface area is 386 Å². The SMILES string of the molecule is CCCCCC/C=C\C/C=C\CCCCCCCC(=O)OCCCCCCCCCCCCC(=O)NC(CO)C(O)CCCCCCCCCCCCCCCCCCCCC. The third-order valence-electron chi connectivity index (χ3n) is 12.8. The summed E-state index contributed by atoms with van der Waals surface area (Å²) in [6.45, 7) is 4.89. The second-order valence-electron chi connectivity index (χ2n) is 18.9. The highest BCUT2D eigenvalue weighted by atomic mass is 16.5. The van der Waals surface area contributed by atoms with Gasteiger partial charge in [-0.05, 0) is 57.8 Å². The second kappa shape index (κ2) is 52.0. The minimum absolute atomic E-state index is 0.0317. The van der Waals surface area contributed by atoms with Crippen molar-refractivity contribution in [3.05, 3.63) is 24.3 Å². The minimum Gasteiger partial charge on any atom is -0.466 e. The zero-order chi connectivity index (χ0) is 45.1. The second-order valence-corrected chi connectivity index (χ2v) is 18.9. The maximum atomic E-state index is 12.5. The summed E-state index contributed by atoms with van der Waals surface area (Å²) in [4.78, 5) is 24.5. The molecule has 0 saturated heterocycles. The van der Waals surface area contributed by atoms with Crippen LogP contribution in [-0.4, -0.2) is 47.4 Å². The number of aliphatic hydroxyl groups excluding tert-OH is 2. The highest BCUT2D eigenvalue weighted by Crippen LogP contribution is 2.17. The highest BCUT2D eigenvalue weighted by molar-refractivity contribution is 5.76. The first-order valence-electron chi connectivity index (χ1n) is 27.6. The summed E-state index contributed by atoms with van der Waals surface area (Å²) in [6.07, 6.45) is 61.5. The number of nitrogens with one attached hydrogen (secondary N) is 1. The van der Waals surface area contributed by atoms with Crippen molar-refractivity contribution in [2.75, 3.05) is 13.2 Å². The van der Waals surface area contributed by atoms with Crippen LogP contribution in [0.2, 0.25) is 0 Å². The van der Waals surface area contributed by atoms with E-state index in [0.29, 0.717) is 25.9 Å². The first kappa shape index (κ1) is 60.3. The third-order valence-corrected chi connectivity index (χ3v) is 12.8. The number of esters is 1. The third kappa shape index (κ3) is 47.8. The molecule has 366 valence electrons. The van der Waals surface area contributed by atoms with E-state index < -0.39 is 12.1 Å². The van der Waals surface area contributed by atoms with Gasteiger partial charge in [-0.15, -0.1) is 0 Å². The van der Waals surface area contributed by atoms with Gasteiger partial charge in [0, 0.05) is 12.8 Å². The van der Waals surface area contributed by atoms with Crippen molar-refractivity contribution >= 4 is 11.9 Å². The molecular weight excluding hydrogens is 767 g/mol. The van der Waals surface area contributed by atoms with Crippen molar-refractivity contribution in [2.45, 2.75) is 309 Å². The molecule has 0 aliphatic rings. The van der Waals surface area contributed by atoms with Crippen LogP contribution in [0.1, 0.15) is 296 Å². The molecule has 0 saturated carbocycles. The molecule has 0 bridgehead atoms. The van der Waals surface area contributed by atoms with Crippen molar-refractivity contribution in [3.8, 4) is 0 Å². The molecule has 0 heterocycles. The number of ether oxygens (including phenoxy) is 1. The molecule has 6 nitrogen and oxygen atoms in total. The van der Waals surface area contributed by atoms with Crippen LogP contribution in [0.5, 0.6) is 0 Å². The van der Waals surface area contributed by atoms with E-state index in [1.807, 2.05) is 0 Å². The summed E-state index contributed by atoms with van der Waals surface area (Å²) in [5, 5.41) is 23.3. The van der Waals surface area contributed by atoms with Crippen molar-refractivity contribution in [2.24, 2.45) is 0 Å². The Bertz CT molecular complexity index is 966. The number of rotatable bonds is 51. The lowest BCUT2D eigenvalue weighted by Gasteiger charge is -2.22. The number of allylic oxidation sites excluding steroid dienone is 4. The van der Waals surface area contributed by atoms with Crippen LogP contribution < -0.4 is 5.32 Å². The van der Waals surface area contributed by atoms with Crippen LogP contribution in [0, 0.1) is 0 Å². The van der Waals surface area contributed by atoms with Gasteiger partial charge in [-0.25, -0.2) is 0 Å². The van der Waals surface area contributed by atoms with E-state index in [2.05, 4.69) is 43.5 Å². The number of amides is 1. The largest absolute Gasteiger partial charge is 0.466 e. The predicted molar refractivity (Wildman–Crippen MR) is 269 cm³/mol.